The van der Waals surface area contributed by atoms with E-state index in [1.165, 1.54) is 0 Å². The summed E-state index contributed by atoms with van der Waals surface area (Å²) in [6.07, 6.45) is 9.48. The number of fused-ring (bicyclic) bond motifs is 3. The van der Waals surface area contributed by atoms with Crippen LogP contribution in [0.25, 0.3) is 0 Å². The van der Waals surface area contributed by atoms with Crippen molar-refractivity contribution in [3.63, 3.8) is 0 Å². The van der Waals surface area contributed by atoms with Crippen molar-refractivity contribution in [2.45, 2.75) is 77.3 Å². The number of aliphatic carboxylic acids is 1. The van der Waals surface area contributed by atoms with Crippen molar-refractivity contribution in [3.8, 4) is 0 Å². The quantitative estimate of drug-likeness (QED) is 0.520. The predicted molar refractivity (Wildman–Crippen MR) is 148 cm³/mol. The zero-order valence-electron chi connectivity index (χ0n) is 22.9. The summed E-state index contributed by atoms with van der Waals surface area (Å²) < 4.78 is 0. The summed E-state index contributed by atoms with van der Waals surface area (Å²) in [7, 11) is 0. The first-order valence-corrected chi connectivity index (χ1v) is 14.1. The van der Waals surface area contributed by atoms with Gasteiger partial charge in [0.1, 0.15) is 17.2 Å². The molecule has 6 rings (SSSR count). The van der Waals surface area contributed by atoms with E-state index in [1.807, 2.05) is 4.90 Å². The standard InChI is InChI=1S/C29H37N7O3/c1-29(2,3)18-7-4-16(5-8-18)23-24-21(33-25(23)27(38)39)13-31-28(35-24)34-22-11-6-17(12-30-22)26(37)36-14-19-9-10-20(15-36)32-19/h6,11-13,16,18-20,23,32H,4-5,7-10,14-15H2,1-3H3,(H,38,39)(H,30,31,34,35). The van der Waals surface area contributed by atoms with Crippen LogP contribution >= 0.6 is 0 Å². The van der Waals surface area contributed by atoms with Gasteiger partial charge in [0.2, 0.25) is 5.95 Å². The van der Waals surface area contributed by atoms with Crippen LogP contribution in [0.2, 0.25) is 0 Å². The third-order valence-corrected chi connectivity index (χ3v) is 9.07. The van der Waals surface area contributed by atoms with E-state index in [-0.39, 0.29) is 28.9 Å². The molecule has 3 atom stereocenters. The summed E-state index contributed by atoms with van der Waals surface area (Å²) >= 11 is 0. The number of hydrogen-bond donors (Lipinski definition) is 3. The number of carbonyl (C=O) groups is 2. The molecule has 2 saturated heterocycles. The number of anilines is 2. The van der Waals surface area contributed by atoms with Crippen molar-refractivity contribution >= 4 is 35.0 Å². The Morgan fingerprint density at radius 1 is 1.00 bits per heavy atom. The maximum Gasteiger partial charge on any atom is 0.350 e. The summed E-state index contributed by atoms with van der Waals surface area (Å²) in [5.41, 5.74) is 2.17. The van der Waals surface area contributed by atoms with Gasteiger partial charge in [0.25, 0.3) is 5.91 Å². The van der Waals surface area contributed by atoms with Gasteiger partial charge in [-0.2, -0.15) is 0 Å². The lowest BCUT2D eigenvalue weighted by Gasteiger charge is -2.38. The lowest BCUT2D eigenvalue weighted by atomic mass is 9.66. The van der Waals surface area contributed by atoms with Crippen LogP contribution < -0.4 is 10.6 Å². The molecule has 39 heavy (non-hydrogen) atoms. The van der Waals surface area contributed by atoms with Crippen molar-refractivity contribution in [2.24, 2.45) is 22.2 Å². The SMILES string of the molecule is CC(C)(C)C1CCC(C2C(C(=O)O)=Nc3cnc(Nc4ccc(C(=O)N5CC6CCC(C5)N6)cn4)nc32)CC1. The summed E-state index contributed by atoms with van der Waals surface area (Å²) in [5.74, 6) is 0.342. The summed E-state index contributed by atoms with van der Waals surface area (Å²) in [5, 5.41) is 16.6. The average molecular weight is 532 g/mol. The molecule has 3 unspecified atom stereocenters. The Labute approximate surface area is 228 Å². The molecule has 0 radical (unpaired) electrons. The van der Waals surface area contributed by atoms with Crippen LogP contribution in [0.1, 0.15) is 81.3 Å². The Bertz CT molecular complexity index is 1280. The molecule has 5 heterocycles. The van der Waals surface area contributed by atoms with Crippen LogP contribution in [-0.2, 0) is 4.79 Å². The number of amides is 1. The minimum Gasteiger partial charge on any atom is -0.477 e. The highest BCUT2D eigenvalue weighted by Gasteiger charge is 2.42. The van der Waals surface area contributed by atoms with Gasteiger partial charge < -0.3 is 20.6 Å². The summed E-state index contributed by atoms with van der Waals surface area (Å²) in [4.78, 5) is 45.0. The first-order valence-electron chi connectivity index (χ1n) is 14.1. The maximum absolute atomic E-state index is 13.0. The smallest absolute Gasteiger partial charge is 0.350 e. The zero-order valence-corrected chi connectivity index (χ0v) is 22.9. The number of likely N-dealkylation sites (tertiary alicyclic amines) is 1. The van der Waals surface area contributed by atoms with E-state index in [4.69, 9.17) is 4.98 Å². The highest BCUT2D eigenvalue weighted by Crippen LogP contribution is 2.48. The molecular formula is C29H37N7O3. The number of hydrogen-bond acceptors (Lipinski definition) is 8. The van der Waals surface area contributed by atoms with E-state index in [9.17, 15) is 14.7 Å². The molecule has 2 aromatic heterocycles. The minimum atomic E-state index is -0.995. The highest BCUT2D eigenvalue weighted by molar-refractivity contribution is 6.39. The number of nitrogens with one attached hydrogen (secondary N) is 2. The number of aliphatic imine (C=N–C) groups is 1. The van der Waals surface area contributed by atoms with E-state index < -0.39 is 5.97 Å². The highest BCUT2D eigenvalue weighted by atomic mass is 16.4. The number of carbonyl (C=O) groups excluding carboxylic acids is 1. The normalized spacial score (nSPS) is 28.1. The number of pyridine rings is 1. The van der Waals surface area contributed by atoms with Crippen LogP contribution in [0.5, 0.6) is 0 Å². The number of piperazine rings is 1. The van der Waals surface area contributed by atoms with Gasteiger partial charge in [-0.15, -0.1) is 0 Å². The lowest BCUT2D eigenvalue weighted by molar-refractivity contribution is -0.129. The second kappa shape index (κ2) is 9.97. The van der Waals surface area contributed by atoms with E-state index >= 15 is 0 Å². The fourth-order valence-corrected chi connectivity index (χ4v) is 6.89. The number of carboxylic acids is 1. The van der Waals surface area contributed by atoms with Crippen LogP contribution in [0.3, 0.4) is 0 Å². The third kappa shape index (κ3) is 5.14. The first kappa shape index (κ1) is 25.9. The molecule has 1 aliphatic carbocycles. The Balaban J connectivity index is 1.16. The van der Waals surface area contributed by atoms with Gasteiger partial charge >= 0.3 is 5.97 Å². The van der Waals surface area contributed by atoms with Crippen LogP contribution in [0, 0.1) is 17.3 Å². The minimum absolute atomic E-state index is 0.00334. The molecule has 2 bridgehead atoms. The monoisotopic (exact) mass is 531 g/mol. The number of aromatic nitrogens is 3. The van der Waals surface area contributed by atoms with Crippen LogP contribution in [0.4, 0.5) is 17.5 Å². The van der Waals surface area contributed by atoms with Gasteiger partial charge in [0.15, 0.2) is 0 Å². The fourth-order valence-electron chi connectivity index (χ4n) is 6.89. The van der Waals surface area contributed by atoms with Crippen molar-refractivity contribution in [1.82, 2.24) is 25.2 Å². The van der Waals surface area contributed by atoms with Gasteiger partial charge in [-0.05, 0) is 67.9 Å². The van der Waals surface area contributed by atoms with Crippen molar-refractivity contribution in [2.75, 3.05) is 18.4 Å². The Morgan fingerprint density at radius 2 is 1.72 bits per heavy atom. The second-order valence-electron chi connectivity index (χ2n) is 12.6. The largest absolute Gasteiger partial charge is 0.477 e. The maximum atomic E-state index is 13.0. The number of rotatable bonds is 5. The molecule has 10 nitrogen and oxygen atoms in total. The molecule has 3 fully saturated rings. The second-order valence-corrected chi connectivity index (χ2v) is 12.6. The van der Waals surface area contributed by atoms with E-state index in [0.717, 1.165) is 51.6 Å². The predicted octanol–water partition coefficient (Wildman–Crippen LogP) is 4.30. The Hall–Kier alpha value is -3.40. The van der Waals surface area contributed by atoms with Crippen LogP contribution in [0.15, 0.2) is 29.5 Å². The first-order chi connectivity index (χ1) is 18.7. The van der Waals surface area contributed by atoms with Gasteiger partial charge in [-0.25, -0.2) is 24.7 Å². The molecule has 4 aliphatic rings. The average Bonchev–Trinajstić information content (AvgIpc) is 3.47. The van der Waals surface area contributed by atoms with Crippen molar-refractivity contribution in [3.05, 3.63) is 35.8 Å². The molecule has 0 spiro atoms. The van der Waals surface area contributed by atoms with Gasteiger partial charge in [0, 0.05) is 31.4 Å². The Kier molecular flexibility index (Phi) is 6.61. The van der Waals surface area contributed by atoms with E-state index in [1.54, 1.807) is 24.5 Å². The molecule has 0 aromatic carbocycles. The molecular weight excluding hydrogens is 494 g/mol. The lowest BCUT2D eigenvalue weighted by Crippen LogP contribution is -2.53. The molecule has 3 N–H and O–H groups in total. The number of carboxylic acid groups (broad SMARTS) is 1. The van der Waals surface area contributed by atoms with Gasteiger partial charge in [-0.3, -0.25) is 4.79 Å². The Morgan fingerprint density at radius 3 is 2.33 bits per heavy atom. The van der Waals surface area contributed by atoms with Crippen molar-refractivity contribution < 1.29 is 14.7 Å². The summed E-state index contributed by atoms with van der Waals surface area (Å²) in [6, 6.07) is 4.31. The molecule has 206 valence electrons. The van der Waals surface area contributed by atoms with Crippen molar-refractivity contribution in [1.29, 1.82) is 0 Å². The van der Waals surface area contributed by atoms with Gasteiger partial charge in [-0.1, -0.05) is 20.8 Å². The fraction of sp³-hybridized carbons (Fsp3) is 0.586. The zero-order chi connectivity index (χ0) is 27.3. The molecule has 2 aromatic rings. The van der Waals surface area contributed by atoms with Gasteiger partial charge in [0.05, 0.1) is 23.4 Å². The molecule has 1 saturated carbocycles. The van der Waals surface area contributed by atoms with E-state index in [2.05, 4.69) is 46.4 Å². The third-order valence-electron chi connectivity index (χ3n) is 9.07. The topological polar surface area (TPSA) is 133 Å². The molecule has 10 heteroatoms. The van der Waals surface area contributed by atoms with Crippen LogP contribution in [-0.4, -0.2) is 67.7 Å². The summed E-state index contributed by atoms with van der Waals surface area (Å²) in [6.45, 7) is 8.31. The molecule has 1 amide bonds. The van der Waals surface area contributed by atoms with E-state index in [0.29, 0.717) is 46.7 Å². The molecule has 3 aliphatic heterocycles. The number of nitrogens with zero attached hydrogens (tertiary/aromatic N) is 5.